The van der Waals surface area contributed by atoms with Crippen molar-refractivity contribution < 1.29 is 0 Å². The van der Waals surface area contributed by atoms with E-state index >= 15 is 0 Å². The minimum absolute atomic E-state index is 0.0384. The van der Waals surface area contributed by atoms with Crippen LogP contribution >= 0.6 is 0 Å². The Kier molecular flexibility index (Phi) is 9.89. The van der Waals surface area contributed by atoms with Gasteiger partial charge < -0.3 is 9.80 Å². The summed E-state index contributed by atoms with van der Waals surface area (Å²) < 4.78 is 0. The first kappa shape index (κ1) is 47.3. The minimum atomic E-state index is -0.0663. The lowest BCUT2D eigenvalue weighted by Gasteiger charge is -2.42. The van der Waals surface area contributed by atoms with Gasteiger partial charge >= 0.3 is 0 Å². The van der Waals surface area contributed by atoms with Gasteiger partial charge in [0.05, 0.1) is 11.1 Å². The van der Waals surface area contributed by atoms with Gasteiger partial charge in [0, 0.05) is 33.6 Å². The van der Waals surface area contributed by atoms with Gasteiger partial charge in [0.25, 0.3) is 0 Å². The standard InChI is InChI=1S/C76H68N2/c1-71(2)45-73(5)65-43-53(35-39-67(65)77(75(73,7)47-71)55-25-11-9-12-26-55)51-33-37-61-63(41-51)69(59-31-19-23-49-21-15-17-29-57(49)59)62-38-34-52(42-64(62)70(61)60-32-20-24-50-22-16-18-30-58(50)60)54-36-40-68-66(44-54)74(6)46-72(3,4)48-76(74,8)78(68)56-27-13-10-14-28-56/h9-44H,45-48H2,1-8H3. The summed E-state index contributed by atoms with van der Waals surface area (Å²) in [5.74, 6) is 0. The third kappa shape index (κ3) is 6.56. The fourth-order valence-electron chi connectivity index (χ4n) is 17.4. The molecule has 2 heteroatoms. The average Bonchev–Trinajstić information content (AvgIpc) is 3.21. The summed E-state index contributed by atoms with van der Waals surface area (Å²) in [6, 6.07) is 83.6. The summed E-state index contributed by atoms with van der Waals surface area (Å²) in [6.07, 6.45) is 4.52. The maximum absolute atomic E-state index is 2.69. The number of hydrogen-bond donors (Lipinski definition) is 0. The lowest BCUT2D eigenvalue weighted by atomic mass is 9.71. The summed E-state index contributed by atoms with van der Waals surface area (Å²) in [6.45, 7) is 20.1. The molecular formula is C76H68N2. The maximum atomic E-state index is 2.69. The summed E-state index contributed by atoms with van der Waals surface area (Å²) in [5, 5.41) is 10.1. The molecule has 4 unspecified atom stereocenters. The predicted octanol–water partition coefficient (Wildman–Crippen LogP) is 20.9. The highest BCUT2D eigenvalue weighted by Gasteiger charge is 2.65. The lowest BCUT2D eigenvalue weighted by molar-refractivity contribution is 0.330. The van der Waals surface area contributed by atoms with Crippen LogP contribution in [0.15, 0.2) is 218 Å². The minimum Gasteiger partial charge on any atom is -0.334 e. The fourth-order valence-corrected chi connectivity index (χ4v) is 17.4. The van der Waals surface area contributed by atoms with Gasteiger partial charge in [-0.15, -0.1) is 0 Å². The van der Waals surface area contributed by atoms with Crippen molar-refractivity contribution in [1.82, 2.24) is 0 Å². The Bertz CT molecular complexity index is 4010. The Morgan fingerprint density at radius 1 is 0.295 bits per heavy atom. The molecule has 15 rings (SSSR count). The highest BCUT2D eigenvalue weighted by molar-refractivity contribution is 6.26. The van der Waals surface area contributed by atoms with Crippen molar-refractivity contribution in [3.63, 3.8) is 0 Å². The first-order chi connectivity index (χ1) is 37.6. The molecule has 2 saturated carbocycles. The molecule has 0 amide bonds. The van der Waals surface area contributed by atoms with Crippen molar-refractivity contribution in [2.75, 3.05) is 9.80 Å². The van der Waals surface area contributed by atoms with Crippen LogP contribution in [0, 0.1) is 10.8 Å². The Hall–Kier alpha value is -7.94. The number of nitrogens with zero attached hydrogens (tertiary/aromatic N) is 2. The van der Waals surface area contributed by atoms with Crippen LogP contribution in [0.25, 0.3) is 87.6 Å². The summed E-state index contributed by atoms with van der Waals surface area (Å²) >= 11 is 0. The van der Waals surface area contributed by atoms with Crippen LogP contribution < -0.4 is 9.80 Å². The molecule has 0 spiro atoms. The second kappa shape index (κ2) is 16.3. The zero-order valence-electron chi connectivity index (χ0n) is 46.5. The van der Waals surface area contributed by atoms with Gasteiger partial charge in [0.2, 0.25) is 0 Å². The average molecular weight is 1010 g/mol. The van der Waals surface area contributed by atoms with Crippen molar-refractivity contribution in [3.8, 4) is 44.5 Å². The van der Waals surface area contributed by atoms with Crippen molar-refractivity contribution in [3.05, 3.63) is 230 Å². The second-order valence-corrected chi connectivity index (χ2v) is 26.4. The molecule has 0 N–H and O–H groups in total. The molecule has 2 fully saturated rings. The van der Waals surface area contributed by atoms with E-state index < -0.39 is 0 Å². The van der Waals surface area contributed by atoms with Crippen LogP contribution in [-0.2, 0) is 10.8 Å². The highest BCUT2D eigenvalue weighted by atomic mass is 15.3. The van der Waals surface area contributed by atoms with Gasteiger partial charge in [-0.3, -0.25) is 0 Å². The van der Waals surface area contributed by atoms with E-state index in [0.717, 1.165) is 25.7 Å². The number of anilines is 4. The number of fused-ring (bicyclic) bond motifs is 10. The molecule has 2 heterocycles. The molecule has 2 aliphatic heterocycles. The third-order valence-corrected chi connectivity index (χ3v) is 20.3. The van der Waals surface area contributed by atoms with Crippen LogP contribution in [0.3, 0.4) is 0 Å². The number of benzene rings is 11. The fraction of sp³-hybridized carbons (Fsp3) is 0.237. The van der Waals surface area contributed by atoms with Gasteiger partial charge in [-0.25, -0.2) is 0 Å². The van der Waals surface area contributed by atoms with E-state index in [-0.39, 0.29) is 32.7 Å². The summed E-state index contributed by atoms with van der Waals surface area (Å²) in [4.78, 5) is 5.37. The molecule has 0 saturated heterocycles. The van der Waals surface area contributed by atoms with E-state index in [2.05, 4.69) is 284 Å². The first-order valence-corrected chi connectivity index (χ1v) is 28.6. The second-order valence-electron chi connectivity index (χ2n) is 26.4. The lowest BCUT2D eigenvalue weighted by Crippen LogP contribution is -2.49. The van der Waals surface area contributed by atoms with Crippen molar-refractivity contribution in [1.29, 1.82) is 0 Å². The number of hydrogen-bond acceptors (Lipinski definition) is 2. The largest absolute Gasteiger partial charge is 0.334 e. The normalized spacial score (nSPS) is 23.5. The zero-order valence-corrected chi connectivity index (χ0v) is 46.5. The molecule has 382 valence electrons. The molecule has 0 radical (unpaired) electrons. The molecule has 11 aromatic carbocycles. The highest BCUT2D eigenvalue weighted by Crippen LogP contribution is 2.69. The van der Waals surface area contributed by atoms with Crippen LogP contribution in [-0.4, -0.2) is 11.1 Å². The van der Waals surface area contributed by atoms with Gasteiger partial charge in [0.15, 0.2) is 0 Å². The molecule has 11 aromatic rings. The smallest absolute Gasteiger partial charge is 0.0523 e. The first-order valence-electron chi connectivity index (χ1n) is 28.6. The number of rotatable bonds is 6. The SMILES string of the molecule is CC1(C)CC2(C)c3cc(-c4ccc5c(-c6cccc7ccccc67)c6cc(-c7ccc8c(c7)C7(C)CC(C)(C)CC7(C)N8c7ccccc7)ccc6c(-c6cccc7ccccc67)c5c4)ccc3N(c3ccccc3)C2(C)C1. The quantitative estimate of drug-likeness (QED) is 0.153. The van der Waals surface area contributed by atoms with Gasteiger partial charge in [-0.2, -0.15) is 0 Å². The Morgan fingerprint density at radius 3 is 1.08 bits per heavy atom. The van der Waals surface area contributed by atoms with Crippen LogP contribution in [0.1, 0.15) is 92.2 Å². The van der Waals surface area contributed by atoms with Crippen LogP contribution in [0.2, 0.25) is 0 Å². The summed E-state index contributed by atoms with van der Waals surface area (Å²) in [7, 11) is 0. The van der Waals surface area contributed by atoms with Crippen molar-refractivity contribution in [2.24, 2.45) is 10.8 Å². The third-order valence-electron chi connectivity index (χ3n) is 20.3. The van der Waals surface area contributed by atoms with E-state index in [4.69, 9.17) is 0 Å². The zero-order chi connectivity index (χ0) is 53.1. The van der Waals surface area contributed by atoms with Crippen LogP contribution in [0.4, 0.5) is 22.7 Å². The van der Waals surface area contributed by atoms with Crippen molar-refractivity contribution >= 4 is 65.8 Å². The molecule has 78 heavy (non-hydrogen) atoms. The molecule has 0 bridgehead atoms. The molecule has 4 aliphatic rings. The predicted molar refractivity (Wildman–Crippen MR) is 333 cm³/mol. The van der Waals surface area contributed by atoms with E-state index in [9.17, 15) is 0 Å². The molecule has 2 nitrogen and oxygen atoms in total. The van der Waals surface area contributed by atoms with Gasteiger partial charge in [-0.05, 0) is 210 Å². The Balaban J connectivity index is 0.989. The Labute approximate surface area is 461 Å². The summed E-state index contributed by atoms with van der Waals surface area (Å²) in [5.41, 5.74) is 18.5. The van der Waals surface area contributed by atoms with Gasteiger partial charge in [-0.1, -0.05) is 199 Å². The maximum Gasteiger partial charge on any atom is 0.0523 e. The molecule has 2 aliphatic carbocycles. The topological polar surface area (TPSA) is 6.48 Å². The van der Waals surface area contributed by atoms with Gasteiger partial charge in [0.1, 0.15) is 0 Å². The molecule has 4 atom stereocenters. The van der Waals surface area contributed by atoms with Crippen molar-refractivity contribution in [2.45, 2.75) is 103 Å². The molecule has 0 aromatic heterocycles. The van der Waals surface area contributed by atoms with E-state index in [1.807, 2.05) is 0 Å². The van der Waals surface area contributed by atoms with E-state index in [1.165, 1.54) is 121 Å². The van der Waals surface area contributed by atoms with E-state index in [1.54, 1.807) is 0 Å². The van der Waals surface area contributed by atoms with Crippen LogP contribution in [0.5, 0.6) is 0 Å². The van der Waals surface area contributed by atoms with E-state index in [0.29, 0.717) is 0 Å². The number of para-hydroxylation sites is 2. The monoisotopic (exact) mass is 1010 g/mol. The molecular weight excluding hydrogens is 941 g/mol. The Morgan fingerprint density at radius 2 is 0.654 bits per heavy atom.